The van der Waals surface area contributed by atoms with E-state index < -0.39 is 5.97 Å². The molecule has 2 aromatic heterocycles. The zero-order valence-electron chi connectivity index (χ0n) is 7.84. The Hall–Kier alpha value is -2.24. The van der Waals surface area contributed by atoms with Crippen molar-refractivity contribution in [3.05, 3.63) is 29.9 Å². The number of rotatable bonds is 2. The maximum absolute atomic E-state index is 10.7. The Balaban J connectivity index is 2.48. The third-order valence-electron chi connectivity index (χ3n) is 1.76. The summed E-state index contributed by atoms with van der Waals surface area (Å²) in [6.45, 7) is 1.53. The van der Waals surface area contributed by atoms with Gasteiger partial charge >= 0.3 is 5.97 Å². The van der Waals surface area contributed by atoms with E-state index in [0.29, 0.717) is 0 Å². The molecule has 0 aliphatic rings. The van der Waals surface area contributed by atoms with Crippen LogP contribution in [0.5, 0.6) is 0 Å². The maximum atomic E-state index is 10.7. The zero-order valence-corrected chi connectivity index (χ0v) is 7.84. The largest absolute Gasteiger partial charge is 0.476 e. The van der Waals surface area contributed by atoms with Crippen LogP contribution in [0.4, 0.5) is 0 Å². The van der Waals surface area contributed by atoms with Crippen molar-refractivity contribution in [2.75, 3.05) is 0 Å². The van der Waals surface area contributed by atoms with E-state index in [0.717, 1.165) is 0 Å². The van der Waals surface area contributed by atoms with E-state index in [1.807, 2.05) is 0 Å². The second-order valence-corrected chi connectivity index (χ2v) is 2.80. The summed E-state index contributed by atoms with van der Waals surface area (Å²) in [4.78, 5) is 22.3. The Kier molecular flexibility index (Phi) is 2.17. The molecule has 6 heteroatoms. The van der Waals surface area contributed by atoms with Crippen LogP contribution < -0.4 is 0 Å². The summed E-state index contributed by atoms with van der Waals surface area (Å²) in [5.41, 5.74) is -0.113. The number of hydrogen-bond acceptors (Lipinski definition) is 5. The third kappa shape index (κ3) is 1.69. The number of carbonyl (C=O) groups is 1. The topological polar surface area (TPSA) is 89.1 Å². The van der Waals surface area contributed by atoms with Crippen molar-refractivity contribution in [3.63, 3.8) is 0 Å². The maximum Gasteiger partial charge on any atom is 0.358 e. The highest BCUT2D eigenvalue weighted by Crippen LogP contribution is 2.17. The van der Waals surface area contributed by atoms with E-state index in [1.54, 1.807) is 6.07 Å². The molecular formula is C9H7N3O3. The Morgan fingerprint density at radius 3 is 2.60 bits per heavy atom. The van der Waals surface area contributed by atoms with Gasteiger partial charge in [-0.3, -0.25) is 0 Å². The van der Waals surface area contributed by atoms with Crippen LogP contribution in [0.3, 0.4) is 0 Å². The van der Waals surface area contributed by atoms with E-state index >= 15 is 0 Å². The van der Waals surface area contributed by atoms with Gasteiger partial charge in [0, 0.05) is 12.4 Å². The van der Waals surface area contributed by atoms with Crippen molar-refractivity contribution in [2.24, 2.45) is 0 Å². The minimum atomic E-state index is -1.13. The van der Waals surface area contributed by atoms with Crippen LogP contribution in [0.2, 0.25) is 0 Å². The third-order valence-corrected chi connectivity index (χ3v) is 1.76. The summed E-state index contributed by atoms with van der Waals surface area (Å²) in [5.74, 6) is -0.498. The van der Waals surface area contributed by atoms with Gasteiger partial charge < -0.3 is 9.52 Å². The number of aromatic nitrogens is 3. The molecule has 0 aliphatic heterocycles. The quantitative estimate of drug-likeness (QED) is 0.790. The summed E-state index contributed by atoms with van der Waals surface area (Å²) in [6, 6.07) is 1.65. The van der Waals surface area contributed by atoms with Crippen molar-refractivity contribution in [1.29, 1.82) is 0 Å². The fraction of sp³-hybridized carbons (Fsp3) is 0.111. The predicted octanol–water partition coefficient (Wildman–Crippen LogP) is 1.14. The van der Waals surface area contributed by atoms with Gasteiger partial charge in [0.05, 0.1) is 0 Å². The van der Waals surface area contributed by atoms with Crippen molar-refractivity contribution in [1.82, 2.24) is 15.0 Å². The summed E-state index contributed by atoms with van der Waals surface area (Å²) in [5, 5.41) is 8.76. The summed E-state index contributed by atoms with van der Waals surface area (Å²) in [7, 11) is 0. The fourth-order valence-electron chi connectivity index (χ4n) is 1.10. The summed E-state index contributed by atoms with van der Waals surface area (Å²) in [6.07, 6.45) is 3.06. The number of oxazole rings is 1. The highest BCUT2D eigenvalue weighted by Gasteiger charge is 2.17. The van der Waals surface area contributed by atoms with E-state index in [2.05, 4.69) is 15.0 Å². The molecule has 0 aliphatic carbocycles. The van der Waals surface area contributed by atoms with Crippen LogP contribution in [-0.4, -0.2) is 26.0 Å². The van der Waals surface area contributed by atoms with Gasteiger partial charge in [0.1, 0.15) is 5.76 Å². The van der Waals surface area contributed by atoms with Gasteiger partial charge in [0.15, 0.2) is 5.69 Å². The number of aryl methyl sites for hydroxylation is 1. The Labute approximate surface area is 84.6 Å². The lowest BCUT2D eigenvalue weighted by Gasteiger charge is -1.89. The first kappa shape index (κ1) is 9.32. The number of aromatic carboxylic acids is 1. The molecule has 0 atom stereocenters. The van der Waals surface area contributed by atoms with Crippen LogP contribution in [0.25, 0.3) is 11.7 Å². The van der Waals surface area contributed by atoms with Crippen molar-refractivity contribution >= 4 is 5.97 Å². The Bertz CT molecular complexity index is 493. The van der Waals surface area contributed by atoms with E-state index in [9.17, 15) is 4.79 Å². The molecule has 0 radical (unpaired) electrons. The van der Waals surface area contributed by atoms with Crippen LogP contribution in [0, 0.1) is 6.92 Å². The molecule has 2 rings (SSSR count). The Morgan fingerprint density at radius 2 is 2.07 bits per heavy atom. The van der Waals surface area contributed by atoms with Gasteiger partial charge in [-0.2, -0.15) is 4.98 Å². The molecule has 0 unspecified atom stereocenters. The van der Waals surface area contributed by atoms with Crippen LogP contribution >= 0.6 is 0 Å². The van der Waals surface area contributed by atoms with Crippen molar-refractivity contribution in [2.45, 2.75) is 6.92 Å². The molecule has 2 aromatic rings. The minimum absolute atomic E-state index is 0.113. The monoisotopic (exact) mass is 205 g/mol. The van der Waals surface area contributed by atoms with Crippen molar-refractivity contribution in [3.8, 4) is 11.7 Å². The van der Waals surface area contributed by atoms with Crippen molar-refractivity contribution < 1.29 is 14.3 Å². The number of nitrogens with zero attached hydrogens (tertiary/aromatic N) is 3. The predicted molar refractivity (Wildman–Crippen MR) is 49.2 cm³/mol. The number of carboxylic acids is 1. The lowest BCUT2D eigenvalue weighted by molar-refractivity contribution is 0.0689. The molecule has 0 bridgehead atoms. The minimum Gasteiger partial charge on any atom is -0.476 e. The second kappa shape index (κ2) is 3.49. The number of hydrogen-bond donors (Lipinski definition) is 1. The second-order valence-electron chi connectivity index (χ2n) is 2.80. The average molecular weight is 205 g/mol. The van der Waals surface area contributed by atoms with E-state index in [1.165, 1.54) is 19.3 Å². The van der Waals surface area contributed by atoms with Crippen LogP contribution in [0.1, 0.15) is 16.2 Å². The number of carboxylic acid groups (broad SMARTS) is 1. The molecule has 0 saturated carbocycles. The zero-order chi connectivity index (χ0) is 10.8. The van der Waals surface area contributed by atoms with Crippen LogP contribution in [-0.2, 0) is 0 Å². The standard InChI is InChI=1S/C9H7N3O3/c1-5-6(9(13)14)12-8(15-5)7-10-3-2-4-11-7/h2-4H,1H3,(H,13,14). The molecule has 2 heterocycles. The molecule has 6 nitrogen and oxygen atoms in total. The summed E-state index contributed by atoms with van der Waals surface area (Å²) < 4.78 is 5.15. The first-order chi connectivity index (χ1) is 7.18. The van der Waals surface area contributed by atoms with Gasteiger partial charge in [-0.15, -0.1) is 0 Å². The molecule has 0 saturated heterocycles. The fourth-order valence-corrected chi connectivity index (χ4v) is 1.10. The highest BCUT2D eigenvalue weighted by molar-refractivity contribution is 5.86. The molecule has 15 heavy (non-hydrogen) atoms. The highest BCUT2D eigenvalue weighted by atomic mass is 16.4. The molecule has 0 aromatic carbocycles. The molecule has 0 fully saturated rings. The van der Waals surface area contributed by atoms with E-state index in [-0.39, 0.29) is 23.2 Å². The molecule has 1 N–H and O–H groups in total. The normalized spacial score (nSPS) is 10.2. The first-order valence-electron chi connectivity index (χ1n) is 4.16. The lowest BCUT2D eigenvalue weighted by Crippen LogP contribution is -1.98. The Morgan fingerprint density at radius 1 is 1.40 bits per heavy atom. The molecule has 76 valence electrons. The summed E-state index contributed by atoms with van der Waals surface area (Å²) >= 11 is 0. The van der Waals surface area contributed by atoms with Crippen LogP contribution in [0.15, 0.2) is 22.9 Å². The first-order valence-corrected chi connectivity index (χ1v) is 4.16. The molecule has 0 amide bonds. The van der Waals surface area contributed by atoms with Gasteiger partial charge in [-0.1, -0.05) is 0 Å². The average Bonchev–Trinajstić information content (AvgIpc) is 2.62. The smallest absolute Gasteiger partial charge is 0.358 e. The molecular weight excluding hydrogens is 198 g/mol. The lowest BCUT2D eigenvalue weighted by atomic mass is 10.4. The SMILES string of the molecule is Cc1oc(-c2ncccn2)nc1C(=O)O. The molecule has 0 spiro atoms. The van der Waals surface area contributed by atoms with Gasteiger partial charge in [-0.25, -0.2) is 14.8 Å². The van der Waals surface area contributed by atoms with Gasteiger partial charge in [0.2, 0.25) is 5.82 Å². The van der Waals surface area contributed by atoms with Gasteiger partial charge in [0.25, 0.3) is 5.89 Å². The van der Waals surface area contributed by atoms with Gasteiger partial charge in [-0.05, 0) is 13.0 Å². The van der Waals surface area contributed by atoms with E-state index in [4.69, 9.17) is 9.52 Å².